The quantitative estimate of drug-likeness (QED) is 0.521. The van der Waals surface area contributed by atoms with E-state index in [9.17, 15) is 9.00 Å². The summed E-state index contributed by atoms with van der Waals surface area (Å²) in [7, 11) is -3.86. The molecule has 0 aliphatic carbocycles. The summed E-state index contributed by atoms with van der Waals surface area (Å²) in [6.45, 7) is 0. The van der Waals surface area contributed by atoms with Crippen molar-refractivity contribution in [2.75, 3.05) is 0 Å². The van der Waals surface area contributed by atoms with Crippen LogP contribution in [0.3, 0.4) is 0 Å². The molecule has 0 aliphatic heterocycles. The van der Waals surface area contributed by atoms with Gasteiger partial charge in [-0.1, -0.05) is 0 Å². The minimum absolute atomic E-state index is 1.35. The van der Waals surface area contributed by atoms with Crippen LogP contribution in [0.1, 0.15) is 0 Å². The lowest BCUT2D eigenvalue weighted by molar-refractivity contribution is 0.211. The fourth-order valence-electron chi connectivity index (χ4n) is 0.104. The molecule has 3 N–H and O–H groups in total. The summed E-state index contributed by atoms with van der Waals surface area (Å²) in [5, 5.41) is 0. The van der Waals surface area contributed by atoms with E-state index in [4.69, 9.17) is 4.55 Å². The number of hydrogen-bond donors (Lipinski definition) is 2. The fourth-order valence-corrected chi connectivity index (χ4v) is 0.513. The Morgan fingerprint density at radius 2 is 2.25 bits per heavy atom. The van der Waals surface area contributed by atoms with E-state index in [-0.39, 0.29) is 0 Å². The van der Waals surface area contributed by atoms with Crippen LogP contribution in [0.4, 0.5) is 4.79 Å². The summed E-state index contributed by atoms with van der Waals surface area (Å²) in [4.78, 5) is 9.61. The maximum absolute atomic E-state index is 9.84. The third-order valence-electron chi connectivity index (χ3n) is 0.187. The molecule has 0 radical (unpaired) electrons. The number of amides is 1. The lowest BCUT2D eigenvalue weighted by atomic mass is 11.3. The first kappa shape index (κ1) is 7.60. The van der Waals surface area contributed by atoms with Crippen molar-refractivity contribution >= 4 is 26.3 Å². The third-order valence-corrected chi connectivity index (χ3v) is 0.766. The van der Waals surface area contributed by atoms with Gasteiger partial charge in [-0.2, -0.15) is 4.21 Å². The number of primary amides is 1. The van der Waals surface area contributed by atoms with Gasteiger partial charge in [0.2, 0.25) is 0 Å². The molecule has 0 heterocycles. The molecule has 0 aromatic heterocycles. The van der Waals surface area contributed by atoms with Gasteiger partial charge >= 0.3 is 15.1 Å². The fraction of sp³-hybridized carbons (Fsp3) is 0. The van der Waals surface area contributed by atoms with Crippen molar-refractivity contribution in [2.45, 2.75) is 0 Å². The highest BCUT2D eigenvalue weighted by molar-refractivity contribution is 8.27. The maximum atomic E-state index is 9.84. The van der Waals surface area contributed by atoms with Gasteiger partial charge in [0.05, 0.1) is 11.2 Å². The summed E-state index contributed by atoms with van der Waals surface area (Å²) < 4.78 is 21.3. The van der Waals surface area contributed by atoms with E-state index in [1.165, 1.54) is 0 Å². The van der Waals surface area contributed by atoms with Gasteiger partial charge < -0.3 is 9.92 Å². The molecular formula is CH3NO4S2. The van der Waals surface area contributed by atoms with Gasteiger partial charge in [0, 0.05) is 0 Å². The first-order chi connectivity index (χ1) is 3.42. The predicted octanol–water partition coefficient (Wildman–Crippen LogP) is -0.784. The number of nitrogens with two attached hydrogens (primary N) is 1. The topological polar surface area (TPSA) is 89.6 Å². The number of hydrogen-bond acceptors (Lipinski definition) is 4. The number of rotatable bonds is 1. The van der Waals surface area contributed by atoms with Crippen LogP contribution in [0.25, 0.3) is 0 Å². The molecule has 0 aliphatic rings. The third kappa shape index (κ3) is 5.60. The average molecular weight is 157 g/mol. The molecule has 0 bridgehead atoms. The summed E-state index contributed by atoms with van der Waals surface area (Å²) in [5.41, 5.74) is 4.31. The van der Waals surface area contributed by atoms with Gasteiger partial charge in [-0.15, -0.1) is 0 Å². The van der Waals surface area contributed by atoms with Crippen LogP contribution in [0.5, 0.6) is 0 Å². The maximum Gasteiger partial charge on any atom is 0.420 e. The Bertz CT molecular complexity index is 180. The zero-order valence-corrected chi connectivity index (χ0v) is 5.20. The Balaban J connectivity index is 3.95. The molecule has 48 valence electrons. The minimum atomic E-state index is -3.86. The van der Waals surface area contributed by atoms with E-state index in [1.54, 1.807) is 0 Å². The van der Waals surface area contributed by atoms with Crippen LogP contribution < -0.4 is 5.73 Å². The predicted molar refractivity (Wildman–Crippen MR) is 28.8 cm³/mol. The van der Waals surface area contributed by atoms with Crippen molar-refractivity contribution in [3.63, 3.8) is 0 Å². The highest BCUT2D eigenvalue weighted by atomic mass is 32.9. The Morgan fingerprint density at radius 3 is 2.25 bits per heavy atom. The van der Waals surface area contributed by atoms with Crippen LogP contribution in [-0.2, 0) is 24.4 Å². The molecule has 7 heteroatoms. The molecule has 0 saturated carbocycles. The second kappa shape index (κ2) is 2.25. The van der Waals surface area contributed by atoms with Crippen LogP contribution >= 0.6 is 0 Å². The molecule has 1 atom stereocenters. The first-order valence-electron chi connectivity index (χ1n) is 1.38. The molecule has 0 saturated heterocycles. The van der Waals surface area contributed by atoms with Gasteiger partial charge in [-0.05, 0) is 0 Å². The average Bonchev–Trinajstić information content (AvgIpc) is 1.21. The van der Waals surface area contributed by atoms with Crippen LogP contribution in [-0.4, -0.2) is 14.9 Å². The highest BCUT2D eigenvalue weighted by Crippen LogP contribution is 1.83. The monoisotopic (exact) mass is 157 g/mol. The van der Waals surface area contributed by atoms with Gasteiger partial charge in [0.1, 0.15) is 0 Å². The molecular weight excluding hydrogens is 154 g/mol. The van der Waals surface area contributed by atoms with E-state index in [1.807, 2.05) is 0 Å². The van der Waals surface area contributed by atoms with Gasteiger partial charge in [-0.3, -0.25) is 4.55 Å². The number of carbonyl (C=O) groups is 1. The molecule has 5 nitrogen and oxygen atoms in total. The lowest BCUT2D eigenvalue weighted by Gasteiger charge is -1.93. The molecule has 1 unspecified atom stereocenters. The van der Waals surface area contributed by atoms with E-state index in [0.29, 0.717) is 0 Å². The van der Waals surface area contributed by atoms with Crippen molar-refractivity contribution in [2.24, 2.45) is 5.73 Å². The molecule has 0 rings (SSSR count). The van der Waals surface area contributed by atoms with Crippen LogP contribution in [0.15, 0.2) is 0 Å². The van der Waals surface area contributed by atoms with Crippen molar-refractivity contribution < 1.29 is 17.7 Å². The highest BCUT2D eigenvalue weighted by Gasteiger charge is 2.02. The molecule has 1 amide bonds. The Kier molecular flexibility index (Phi) is 2.13. The van der Waals surface area contributed by atoms with Gasteiger partial charge in [0.25, 0.3) is 0 Å². The van der Waals surface area contributed by atoms with Gasteiger partial charge in [0.15, 0.2) is 0 Å². The smallest absolute Gasteiger partial charge is 0.334 e. The Labute approximate surface area is 50.5 Å². The SMILES string of the molecule is NC(=O)OS(=O)(O)=S. The number of carbonyl (C=O) groups excluding carboxylic acids is 1. The van der Waals surface area contributed by atoms with E-state index >= 15 is 0 Å². The first-order valence-corrected chi connectivity index (χ1v) is 3.74. The lowest BCUT2D eigenvalue weighted by Crippen LogP contribution is -2.16. The Morgan fingerprint density at radius 1 is 1.88 bits per heavy atom. The van der Waals surface area contributed by atoms with E-state index in [0.717, 1.165) is 0 Å². The zero-order chi connectivity index (χ0) is 6.78. The zero-order valence-electron chi connectivity index (χ0n) is 3.57. The normalized spacial score (nSPS) is 16.6. The van der Waals surface area contributed by atoms with Crippen molar-refractivity contribution in [3.8, 4) is 0 Å². The summed E-state index contributed by atoms with van der Waals surface area (Å²) in [5.74, 6) is 0. The standard InChI is InChI=1S/CH3NO4S2/c2-1(3)6-8(4,5)7/h(H2,2,3)(H,4,5,7). The summed E-state index contributed by atoms with van der Waals surface area (Å²) in [6.07, 6.45) is -1.35. The summed E-state index contributed by atoms with van der Waals surface area (Å²) >= 11 is 3.72. The Hall–Kier alpha value is -0.400. The molecule has 8 heavy (non-hydrogen) atoms. The molecule has 0 fully saturated rings. The molecule has 0 aromatic carbocycles. The van der Waals surface area contributed by atoms with Gasteiger partial charge in [-0.25, -0.2) is 4.79 Å². The van der Waals surface area contributed by atoms with Crippen molar-refractivity contribution in [1.82, 2.24) is 0 Å². The van der Waals surface area contributed by atoms with Crippen LogP contribution in [0.2, 0.25) is 0 Å². The second-order valence-corrected chi connectivity index (χ2v) is 3.12. The molecule has 0 aromatic rings. The minimum Gasteiger partial charge on any atom is -0.334 e. The molecule has 0 spiro atoms. The van der Waals surface area contributed by atoms with Crippen LogP contribution in [0, 0.1) is 0 Å². The van der Waals surface area contributed by atoms with E-state index < -0.39 is 15.1 Å². The van der Waals surface area contributed by atoms with Crippen molar-refractivity contribution in [1.29, 1.82) is 0 Å². The van der Waals surface area contributed by atoms with Crippen molar-refractivity contribution in [3.05, 3.63) is 0 Å². The summed E-state index contributed by atoms with van der Waals surface area (Å²) in [6, 6.07) is 0. The second-order valence-electron chi connectivity index (χ2n) is 0.830. The largest absolute Gasteiger partial charge is 0.420 e. The van der Waals surface area contributed by atoms with E-state index in [2.05, 4.69) is 21.1 Å².